The third-order valence-corrected chi connectivity index (χ3v) is 22.3. The number of fused-ring (bicyclic) bond motifs is 10. The van der Waals surface area contributed by atoms with Crippen molar-refractivity contribution in [1.82, 2.24) is 16.0 Å². The predicted molar refractivity (Wildman–Crippen MR) is 232 cm³/mol. The van der Waals surface area contributed by atoms with Crippen LogP contribution in [0.2, 0.25) is 0 Å². The number of rotatable bonds is 4. The van der Waals surface area contributed by atoms with Crippen molar-refractivity contribution < 1.29 is 4.74 Å². The molecule has 4 heteroatoms. The fraction of sp³-hybridized carbons (Fsp3) is 1.00. The van der Waals surface area contributed by atoms with Gasteiger partial charge in [0.2, 0.25) is 0 Å². The molecule has 2 aliphatic heterocycles. The third kappa shape index (κ3) is 7.21. The van der Waals surface area contributed by atoms with Gasteiger partial charge in [-0.2, -0.15) is 0 Å². The molecule has 2 heterocycles. The fourth-order valence-electron chi connectivity index (χ4n) is 19.8. The van der Waals surface area contributed by atoms with Crippen molar-refractivity contribution in [3.8, 4) is 0 Å². The molecule has 0 radical (unpaired) electrons. The third-order valence-electron chi connectivity index (χ3n) is 22.3. The second-order valence-electron chi connectivity index (χ2n) is 24.5. The zero-order valence-electron chi connectivity index (χ0n) is 36.5. The van der Waals surface area contributed by atoms with Gasteiger partial charge in [-0.15, -0.1) is 0 Å². The zero-order chi connectivity index (χ0) is 37.5. The first-order valence-electron chi connectivity index (χ1n) is 27.2. The molecule has 2 saturated heterocycles. The van der Waals surface area contributed by atoms with Gasteiger partial charge >= 0.3 is 0 Å². The molecule has 0 aromatic heterocycles. The fourth-order valence-corrected chi connectivity index (χ4v) is 19.8. The largest absolute Gasteiger partial charge is 0.374 e. The molecule has 57 heavy (non-hydrogen) atoms. The van der Waals surface area contributed by atoms with Crippen molar-refractivity contribution in [2.24, 2.45) is 101 Å². The van der Waals surface area contributed by atoms with Gasteiger partial charge in [0.25, 0.3) is 0 Å². The lowest BCUT2D eigenvalue weighted by molar-refractivity contribution is -0.0826. The Bertz CT molecular complexity index is 1360. The van der Waals surface area contributed by atoms with Gasteiger partial charge in [-0.3, -0.25) is 16.0 Å². The zero-order valence-corrected chi connectivity index (χ0v) is 36.5. The van der Waals surface area contributed by atoms with Gasteiger partial charge in [-0.1, -0.05) is 89.9 Å². The van der Waals surface area contributed by atoms with E-state index in [9.17, 15) is 0 Å². The monoisotopic (exact) mass is 782 g/mol. The summed E-state index contributed by atoms with van der Waals surface area (Å²) >= 11 is 0. The van der Waals surface area contributed by atoms with Crippen LogP contribution in [0.25, 0.3) is 0 Å². The van der Waals surface area contributed by atoms with Crippen molar-refractivity contribution in [2.45, 2.75) is 230 Å². The summed E-state index contributed by atoms with van der Waals surface area (Å²) < 4.78 is 7.69. The van der Waals surface area contributed by atoms with E-state index < -0.39 is 0 Å². The molecule has 0 amide bonds. The molecule has 21 atom stereocenters. The van der Waals surface area contributed by atoms with E-state index in [0.717, 1.165) is 101 Å². The van der Waals surface area contributed by atoms with Crippen molar-refractivity contribution >= 4 is 0 Å². The molecule has 0 aromatic carbocycles. The van der Waals surface area contributed by atoms with E-state index in [1.165, 1.54) is 141 Å². The maximum Gasteiger partial charge on any atom is 0.0645 e. The van der Waals surface area contributed by atoms with E-state index in [0.29, 0.717) is 30.7 Å². The Labute approximate surface area is 349 Å². The van der Waals surface area contributed by atoms with E-state index >= 15 is 0 Å². The second-order valence-corrected chi connectivity index (χ2v) is 24.5. The number of hydrogen-bond donors (Lipinski definition) is 3. The average Bonchev–Trinajstić information content (AvgIpc) is 3.65. The minimum Gasteiger partial charge on any atom is -0.374 e. The molecule has 320 valence electrons. The molecule has 12 aliphatic rings. The van der Waals surface area contributed by atoms with Gasteiger partial charge in [0, 0.05) is 0 Å². The molecule has 10 aliphatic carbocycles. The van der Waals surface area contributed by atoms with Crippen LogP contribution < -0.4 is 16.0 Å². The topological polar surface area (TPSA) is 45.3 Å². The first kappa shape index (κ1) is 38.5. The molecular weight excluding hydrogens is 695 g/mol. The Morgan fingerprint density at radius 3 is 1.54 bits per heavy atom. The average molecular weight is 782 g/mol. The minimum atomic E-state index is 0.465. The van der Waals surface area contributed by atoms with E-state index in [1.54, 1.807) is 57.8 Å². The van der Waals surface area contributed by atoms with E-state index in [1.807, 2.05) is 0 Å². The molecular formula is C53H87N3O. The summed E-state index contributed by atoms with van der Waals surface area (Å²) in [6.45, 7) is 0. The highest BCUT2D eigenvalue weighted by Gasteiger charge is 2.59. The molecule has 10 saturated carbocycles. The normalized spacial score (nSPS) is 55.5. The van der Waals surface area contributed by atoms with E-state index in [4.69, 9.17) is 4.74 Å². The Morgan fingerprint density at radius 2 is 0.737 bits per heavy atom. The van der Waals surface area contributed by atoms with Crippen LogP contribution in [0, 0.1) is 101 Å². The SMILES string of the molecule is C1CCC(C2NC(C3CCC4C(CCC5C6CCCCC6CCC45)C3)NC(C3CCC(C4CCC5CCCCC5C4)C4OC5CC6CCCCC6CC5C34)N2)CC1. The van der Waals surface area contributed by atoms with Gasteiger partial charge < -0.3 is 4.74 Å². The van der Waals surface area contributed by atoms with E-state index in [2.05, 4.69) is 16.0 Å². The molecule has 4 nitrogen and oxygen atoms in total. The number of hydrogen-bond acceptors (Lipinski definition) is 4. The maximum absolute atomic E-state index is 7.69. The molecule has 3 N–H and O–H groups in total. The van der Waals surface area contributed by atoms with Crippen LogP contribution in [-0.2, 0) is 4.74 Å². The van der Waals surface area contributed by atoms with Gasteiger partial charge in [0.1, 0.15) is 0 Å². The highest BCUT2D eigenvalue weighted by atomic mass is 16.5. The van der Waals surface area contributed by atoms with Crippen LogP contribution in [0.5, 0.6) is 0 Å². The summed E-state index contributed by atoms with van der Waals surface area (Å²) in [7, 11) is 0. The van der Waals surface area contributed by atoms with Crippen molar-refractivity contribution in [2.75, 3.05) is 0 Å². The van der Waals surface area contributed by atoms with Crippen molar-refractivity contribution in [3.63, 3.8) is 0 Å². The summed E-state index contributed by atoms with van der Waals surface area (Å²) in [5.41, 5.74) is 0. The van der Waals surface area contributed by atoms with Gasteiger partial charge in [0.15, 0.2) is 0 Å². The molecule has 0 spiro atoms. The molecule has 12 rings (SSSR count). The molecule has 12 fully saturated rings. The van der Waals surface area contributed by atoms with Gasteiger partial charge in [0.05, 0.1) is 30.7 Å². The summed E-state index contributed by atoms with van der Waals surface area (Å²) in [6.07, 6.45) is 49.4. The Morgan fingerprint density at radius 1 is 0.263 bits per heavy atom. The van der Waals surface area contributed by atoms with Crippen LogP contribution in [0.15, 0.2) is 0 Å². The van der Waals surface area contributed by atoms with Gasteiger partial charge in [-0.25, -0.2) is 0 Å². The van der Waals surface area contributed by atoms with E-state index in [-0.39, 0.29) is 0 Å². The molecule has 21 unspecified atom stereocenters. The summed E-state index contributed by atoms with van der Waals surface area (Å²) in [5.74, 6) is 16.2. The lowest BCUT2D eigenvalue weighted by Gasteiger charge is -2.56. The van der Waals surface area contributed by atoms with Crippen LogP contribution in [0.1, 0.15) is 199 Å². The number of ether oxygens (including phenoxy) is 1. The predicted octanol–water partition coefficient (Wildman–Crippen LogP) is 12.2. The number of nitrogens with one attached hydrogen (secondary N) is 3. The van der Waals surface area contributed by atoms with Crippen LogP contribution >= 0.6 is 0 Å². The van der Waals surface area contributed by atoms with Gasteiger partial charge in [-0.05, 0) is 210 Å². The van der Waals surface area contributed by atoms with Crippen LogP contribution in [0.3, 0.4) is 0 Å². The standard InChI is InChI=1S/C53H87N3O/c1-2-12-34(13-3-1)51-54-52(40-22-23-42-38(29-40)21-25-44-41-17-9-8-11-33(41)20-24-45(42)44)56-53(55-51)46-27-26-43(39-19-18-32-10-4-5-14-35(32)28-39)50-49(46)47-30-36-15-6-7-16-37(36)31-48(47)57-50/h32-56H,1-31H2. The highest BCUT2D eigenvalue weighted by Crippen LogP contribution is 2.61. The Hall–Kier alpha value is -0.160. The Balaban J connectivity index is 0.799. The van der Waals surface area contributed by atoms with Crippen molar-refractivity contribution in [1.29, 1.82) is 0 Å². The van der Waals surface area contributed by atoms with Crippen LogP contribution in [0.4, 0.5) is 0 Å². The highest BCUT2D eigenvalue weighted by molar-refractivity contribution is 5.09. The lowest BCUT2D eigenvalue weighted by Crippen LogP contribution is -2.73. The first-order chi connectivity index (χ1) is 28.2. The maximum atomic E-state index is 7.69. The lowest BCUT2D eigenvalue weighted by atomic mass is 9.50. The molecule has 0 aromatic rings. The Kier molecular flexibility index (Phi) is 11.2. The summed E-state index contributed by atoms with van der Waals surface area (Å²) in [5, 5.41) is 13.5. The first-order valence-corrected chi connectivity index (χ1v) is 27.2. The summed E-state index contributed by atoms with van der Waals surface area (Å²) in [4.78, 5) is 0. The quantitative estimate of drug-likeness (QED) is 0.266. The summed E-state index contributed by atoms with van der Waals surface area (Å²) in [6, 6.07) is 0. The second kappa shape index (κ2) is 16.5. The molecule has 0 bridgehead atoms. The van der Waals surface area contributed by atoms with Crippen LogP contribution in [-0.4, -0.2) is 30.7 Å². The smallest absolute Gasteiger partial charge is 0.0645 e. The van der Waals surface area contributed by atoms with Crippen molar-refractivity contribution in [3.05, 3.63) is 0 Å². The minimum absolute atomic E-state index is 0.465.